The van der Waals surface area contributed by atoms with Crippen LogP contribution in [0.3, 0.4) is 0 Å². The van der Waals surface area contributed by atoms with E-state index >= 15 is 0 Å². The first-order valence-electron chi connectivity index (χ1n) is 8.56. The van der Waals surface area contributed by atoms with Gasteiger partial charge in [0.1, 0.15) is 11.4 Å². The fraction of sp³-hybridized carbons (Fsp3) is 0.100. The first-order valence-corrected chi connectivity index (χ1v) is 8.56. The Morgan fingerprint density at radius 2 is 1.89 bits per heavy atom. The summed E-state index contributed by atoms with van der Waals surface area (Å²) in [7, 11) is 0. The third-order valence-corrected chi connectivity index (χ3v) is 4.21. The minimum absolute atomic E-state index is 0.0841. The van der Waals surface area contributed by atoms with Crippen LogP contribution in [-0.4, -0.2) is 15.1 Å². The second kappa shape index (κ2) is 7.36. The van der Waals surface area contributed by atoms with Crippen LogP contribution in [-0.2, 0) is 6.54 Å². The van der Waals surface area contributed by atoms with E-state index in [2.05, 4.69) is 15.5 Å². The van der Waals surface area contributed by atoms with Crippen molar-refractivity contribution in [1.29, 1.82) is 0 Å². The van der Waals surface area contributed by atoms with Gasteiger partial charge in [-0.25, -0.2) is 0 Å². The summed E-state index contributed by atoms with van der Waals surface area (Å²) in [5.74, 6) is 1.33. The van der Waals surface area contributed by atoms with Gasteiger partial charge in [-0.15, -0.1) is 0 Å². The number of nitrogens with zero attached hydrogens (tertiary/aromatic N) is 3. The standard InChI is InChI=1S/C20H16N4O4/c1-13-4-6-14(7-5-13)19-22-20(28-23-19)15-8-9-17(18(11-15)24(25)26)21-12-16-3-2-10-27-16/h2-11,21H,12H2,1H3. The average molecular weight is 376 g/mol. The maximum absolute atomic E-state index is 11.5. The lowest BCUT2D eigenvalue weighted by Gasteiger charge is -2.06. The fourth-order valence-electron chi connectivity index (χ4n) is 2.72. The molecule has 0 fully saturated rings. The Hall–Kier alpha value is -3.94. The summed E-state index contributed by atoms with van der Waals surface area (Å²) in [6.45, 7) is 2.33. The summed E-state index contributed by atoms with van der Waals surface area (Å²) in [4.78, 5) is 15.4. The van der Waals surface area contributed by atoms with Crippen molar-refractivity contribution in [1.82, 2.24) is 10.1 Å². The predicted octanol–water partition coefficient (Wildman–Crippen LogP) is 4.83. The Bertz CT molecular complexity index is 1100. The van der Waals surface area contributed by atoms with Crippen LogP contribution in [0.2, 0.25) is 0 Å². The molecule has 2 aromatic heterocycles. The molecule has 0 unspecified atom stereocenters. The third-order valence-electron chi connectivity index (χ3n) is 4.21. The number of furan rings is 1. The topological polar surface area (TPSA) is 107 Å². The van der Waals surface area contributed by atoms with E-state index in [9.17, 15) is 10.1 Å². The van der Waals surface area contributed by atoms with Gasteiger partial charge >= 0.3 is 0 Å². The molecular weight excluding hydrogens is 360 g/mol. The van der Waals surface area contributed by atoms with Gasteiger partial charge in [-0.2, -0.15) is 4.98 Å². The minimum atomic E-state index is -0.453. The lowest BCUT2D eigenvalue weighted by atomic mass is 10.1. The van der Waals surface area contributed by atoms with Crippen molar-refractivity contribution in [2.24, 2.45) is 0 Å². The Kier molecular flexibility index (Phi) is 4.59. The molecule has 0 aliphatic carbocycles. The maximum atomic E-state index is 11.5. The van der Waals surface area contributed by atoms with Crippen molar-refractivity contribution in [2.45, 2.75) is 13.5 Å². The first kappa shape index (κ1) is 17.5. The fourth-order valence-corrected chi connectivity index (χ4v) is 2.72. The number of rotatable bonds is 6. The van der Waals surface area contributed by atoms with Gasteiger partial charge in [0, 0.05) is 17.2 Å². The van der Waals surface area contributed by atoms with Gasteiger partial charge in [0.2, 0.25) is 5.82 Å². The number of aryl methyl sites for hydroxylation is 1. The zero-order valence-corrected chi connectivity index (χ0v) is 15.0. The van der Waals surface area contributed by atoms with Gasteiger partial charge in [0.15, 0.2) is 0 Å². The van der Waals surface area contributed by atoms with Gasteiger partial charge in [-0.05, 0) is 31.2 Å². The summed E-state index contributed by atoms with van der Waals surface area (Å²) in [6.07, 6.45) is 1.55. The summed E-state index contributed by atoms with van der Waals surface area (Å²) in [5, 5.41) is 18.5. The number of hydrogen-bond donors (Lipinski definition) is 1. The molecule has 28 heavy (non-hydrogen) atoms. The van der Waals surface area contributed by atoms with Crippen molar-refractivity contribution < 1.29 is 13.9 Å². The molecule has 0 radical (unpaired) electrons. The lowest BCUT2D eigenvalue weighted by Crippen LogP contribution is -2.02. The zero-order chi connectivity index (χ0) is 19.5. The van der Waals surface area contributed by atoms with Gasteiger partial charge in [-0.3, -0.25) is 10.1 Å². The highest BCUT2D eigenvalue weighted by molar-refractivity contribution is 5.70. The van der Waals surface area contributed by atoms with Crippen molar-refractivity contribution in [3.63, 3.8) is 0 Å². The van der Waals surface area contributed by atoms with E-state index in [1.54, 1.807) is 30.5 Å². The van der Waals surface area contributed by atoms with Crippen LogP contribution < -0.4 is 5.32 Å². The van der Waals surface area contributed by atoms with Crippen molar-refractivity contribution in [2.75, 3.05) is 5.32 Å². The molecule has 0 aliphatic heterocycles. The minimum Gasteiger partial charge on any atom is -0.467 e. The van der Waals surface area contributed by atoms with E-state index in [0.717, 1.165) is 11.1 Å². The van der Waals surface area contributed by atoms with Gasteiger partial charge < -0.3 is 14.3 Å². The second-order valence-corrected chi connectivity index (χ2v) is 6.21. The monoisotopic (exact) mass is 376 g/mol. The molecule has 140 valence electrons. The highest BCUT2D eigenvalue weighted by Gasteiger charge is 2.18. The molecular formula is C20H16N4O4. The van der Waals surface area contributed by atoms with E-state index < -0.39 is 4.92 Å². The molecule has 0 saturated carbocycles. The number of nitro benzene ring substituents is 1. The van der Waals surface area contributed by atoms with Crippen molar-refractivity contribution >= 4 is 11.4 Å². The van der Waals surface area contributed by atoms with Gasteiger partial charge in [-0.1, -0.05) is 35.0 Å². The SMILES string of the molecule is Cc1ccc(-c2noc(-c3ccc(NCc4ccco4)c([N+](=O)[O-])c3)n2)cc1. The number of nitrogens with one attached hydrogen (secondary N) is 1. The third kappa shape index (κ3) is 3.61. The van der Waals surface area contributed by atoms with Crippen LogP contribution in [0.5, 0.6) is 0 Å². The molecule has 0 aliphatic rings. The first-order chi connectivity index (χ1) is 13.6. The van der Waals surface area contributed by atoms with Crippen LogP contribution >= 0.6 is 0 Å². The number of anilines is 1. The average Bonchev–Trinajstić information content (AvgIpc) is 3.39. The smallest absolute Gasteiger partial charge is 0.293 e. The second-order valence-electron chi connectivity index (χ2n) is 6.21. The van der Waals surface area contributed by atoms with Crippen LogP contribution in [0.4, 0.5) is 11.4 Å². The van der Waals surface area contributed by atoms with Crippen LogP contribution in [0.25, 0.3) is 22.8 Å². The van der Waals surface area contributed by atoms with E-state index in [0.29, 0.717) is 29.4 Å². The van der Waals surface area contributed by atoms with E-state index in [1.165, 1.54) is 6.07 Å². The number of hydrogen-bond acceptors (Lipinski definition) is 7. The Balaban J connectivity index is 1.60. The molecule has 0 saturated heterocycles. The zero-order valence-electron chi connectivity index (χ0n) is 15.0. The summed E-state index contributed by atoms with van der Waals surface area (Å²) >= 11 is 0. The number of nitro groups is 1. The summed E-state index contributed by atoms with van der Waals surface area (Å²) in [5.41, 5.74) is 2.70. The lowest BCUT2D eigenvalue weighted by molar-refractivity contribution is -0.383. The largest absolute Gasteiger partial charge is 0.467 e. The summed E-state index contributed by atoms with van der Waals surface area (Å²) in [6, 6.07) is 16.0. The van der Waals surface area contributed by atoms with Crippen molar-refractivity contribution in [3.05, 3.63) is 82.3 Å². The number of benzene rings is 2. The molecule has 0 amide bonds. The van der Waals surface area contributed by atoms with Crippen LogP contribution in [0.15, 0.2) is 69.8 Å². The molecule has 2 aromatic carbocycles. The number of aromatic nitrogens is 2. The molecule has 2 heterocycles. The van der Waals surface area contributed by atoms with E-state index in [-0.39, 0.29) is 11.6 Å². The normalized spacial score (nSPS) is 10.8. The molecule has 0 bridgehead atoms. The Morgan fingerprint density at radius 1 is 1.11 bits per heavy atom. The highest BCUT2D eigenvalue weighted by atomic mass is 16.6. The van der Waals surface area contributed by atoms with E-state index in [1.807, 2.05) is 31.2 Å². The molecule has 0 atom stereocenters. The van der Waals surface area contributed by atoms with Crippen LogP contribution in [0, 0.1) is 17.0 Å². The highest BCUT2D eigenvalue weighted by Crippen LogP contribution is 2.31. The van der Waals surface area contributed by atoms with Gasteiger partial charge in [0.05, 0.1) is 17.7 Å². The molecule has 4 aromatic rings. The van der Waals surface area contributed by atoms with Crippen LogP contribution in [0.1, 0.15) is 11.3 Å². The molecule has 4 rings (SSSR count). The van der Waals surface area contributed by atoms with E-state index in [4.69, 9.17) is 8.94 Å². The molecule has 0 spiro atoms. The Morgan fingerprint density at radius 3 is 2.61 bits per heavy atom. The summed E-state index contributed by atoms with van der Waals surface area (Å²) < 4.78 is 10.5. The predicted molar refractivity (Wildman–Crippen MR) is 103 cm³/mol. The quantitative estimate of drug-likeness (QED) is 0.379. The Labute approximate surface area is 160 Å². The maximum Gasteiger partial charge on any atom is 0.293 e. The molecule has 8 nitrogen and oxygen atoms in total. The molecule has 8 heteroatoms. The molecule has 1 N–H and O–H groups in total. The van der Waals surface area contributed by atoms with Gasteiger partial charge in [0.25, 0.3) is 11.6 Å². The van der Waals surface area contributed by atoms with Crippen molar-refractivity contribution in [3.8, 4) is 22.8 Å².